The molecule has 0 aliphatic rings. The number of para-hydroxylation sites is 2. The lowest BCUT2D eigenvalue weighted by Crippen LogP contribution is -2.19. The van der Waals surface area contributed by atoms with Crippen LogP contribution in [-0.4, -0.2) is 9.55 Å². The van der Waals surface area contributed by atoms with Gasteiger partial charge in [-0.25, -0.2) is 4.98 Å². The molecule has 0 spiro atoms. The van der Waals surface area contributed by atoms with Crippen molar-refractivity contribution < 1.29 is 0 Å². The van der Waals surface area contributed by atoms with Gasteiger partial charge in [-0.1, -0.05) is 49.4 Å². The van der Waals surface area contributed by atoms with E-state index in [1.165, 1.54) is 11.1 Å². The Morgan fingerprint density at radius 2 is 1.76 bits per heavy atom. The molecule has 1 atom stereocenters. The number of aromatic nitrogens is 2. The number of rotatable bonds is 5. The molecule has 0 amide bonds. The van der Waals surface area contributed by atoms with Crippen LogP contribution in [0, 0.1) is 0 Å². The summed E-state index contributed by atoms with van der Waals surface area (Å²) < 4.78 is 2.27. The predicted molar refractivity (Wildman–Crippen MR) is 87.1 cm³/mol. The second-order valence-corrected chi connectivity index (χ2v) is 5.41. The third-order valence-electron chi connectivity index (χ3n) is 3.76. The number of benzene rings is 2. The Kier molecular flexibility index (Phi) is 4.02. The predicted octanol–water partition coefficient (Wildman–Crippen LogP) is 3.69. The number of hydrogen-bond acceptors (Lipinski definition) is 2. The summed E-state index contributed by atoms with van der Waals surface area (Å²) in [5.41, 5.74) is 9.90. The smallest absolute Gasteiger partial charge is 0.127 e. The Labute approximate surface area is 125 Å². The highest BCUT2D eigenvalue weighted by molar-refractivity contribution is 5.76. The van der Waals surface area contributed by atoms with Gasteiger partial charge in [-0.3, -0.25) is 0 Å². The van der Waals surface area contributed by atoms with Gasteiger partial charge in [0.1, 0.15) is 5.82 Å². The van der Waals surface area contributed by atoms with Crippen molar-refractivity contribution in [3.63, 3.8) is 0 Å². The first-order valence-corrected chi connectivity index (χ1v) is 7.54. The minimum atomic E-state index is -0.0775. The first-order chi connectivity index (χ1) is 10.3. The summed E-state index contributed by atoms with van der Waals surface area (Å²) in [4.78, 5) is 4.77. The lowest BCUT2D eigenvalue weighted by Gasteiger charge is -2.14. The van der Waals surface area contributed by atoms with Crippen LogP contribution in [0.25, 0.3) is 11.0 Å². The third kappa shape index (κ3) is 2.83. The molecular formula is C18H21N3. The van der Waals surface area contributed by atoms with Crippen molar-refractivity contribution in [2.45, 2.75) is 32.4 Å². The Bertz CT molecular complexity index is 716. The van der Waals surface area contributed by atoms with Crippen molar-refractivity contribution in [3.8, 4) is 0 Å². The maximum atomic E-state index is 6.44. The zero-order chi connectivity index (χ0) is 14.7. The minimum absolute atomic E-state index is 0.0775. The second kappa shape index (κ2) is 6.10. The zero-order valence-corrected chi connectivity index (χ0v) is 12.4. The molecule has 0 saturated carbocycles. The molecule has 0 aliphatic carbocycles. The van der Waals surface area contributed by atoms with Gasteiger partial charge < -0.3 is 10.3 Å². The Morgan fingerprint density at radius 1 is 1.05 bits per heavy atom. The molecule has 1 heterocycles. The number of hydrogen-bond donors (Lipinski definition) is 1. The lowest BCUT2D eigenvalue weighted by molar-refractivity contribution is 0.585. The molecule has 1 unspecified atom stereocenters. The van der Waals surface area contributed by atoms with Gasteiger partial charge in [0.15, 0.2) is 0 Å². The maximum Gasteiger partial charge on any atom is 0.127 e. The molecule has 0 radical (unpaired) electrons. The first kappa shape index (κ1) is 13.8. The van der Waals surface area contributed by atoms with Gasteiger partial charge in [-0.2, -0.15) is 0 Å². The molecule has 3 nitrogen and oxygen atoms in total. The summed E-state index contributed by atoms with van der Waals surface area (Å²) >= 11 is 0. The van der Waals surface area contributed by atoms with Crippen molar-refractivity contribution in [3.05, 3.63) is 66.0 Å². The number of imidazole rings is 1. The fourth-order valence-electron chi connectivity index (χ4n) is 2.80. The summed E-state index contributed by atoms with van der Waals surface area (Å²) in [5, 5.41) is 0. The summed E-state index contributed by atoms with van der Waals surface area (Å²) in [6.07, 6.45) is 1.89. The Morgan fingerprint density at radius 3 is 2.52 bits per heavy atom. The summed E-state index contributed by atoms with van der Waals surface area (Å²) in [7, 11) is 0. The van der Waals surface area contributed by atoms with Gasteiger partial charge in [-0.15, -0.1) is 0 Å². The zero-order valence-electron chi connectivity index (χ0n) is 12.4. The fraction of sp³-hybridized carbons (Fsp3) is 0.278. The average molecular weight is 279 g/mol. The van der Waals surface area contributed by atoms with Crippen molar-refractivity contribution in [2.24, 2.45) is 5.73 Å². The summed E-state index contributed by atoms with van der Waals surface area (Å²) in [5.74, 6) is 0.988. The molecule has 0 fully saturated rings. The van der Waals surface area contributed by atoms with Crippen LogP contribution in [0.15, 0.2) is 54.6 Å². The van der Waals surface area contributed by atoms with Crippen LogP contribution >= 0.6 is 0 Å². The van der Waals surface area contributed by atoms with Gasteiger partial charge in [0.25, 0.3) is 0 Å². The Hall–Kier alpha value is -2.13. The molecule has 2 aromatic carbocycles. The average Bonchev–Trinajstić information content (AvgIpc) is 2.88. The standard InChI is InChI=1S/C18H21N3/c1-2-12-21-17-11-7-6-10-16(17)20-18(21)15(19)13-14-8-4-3-5-9-14/h3-11,15H,2,12-13,19H2,1H3. The van der Waals surface area contributed by atoms with Crippen LogP contribution in [-0.2, 0) is 13.0 Å². The van der Waals surface area contributed by atoms with Gasteiger partial charge >= 0.3 is 0 Å². The van der Waals surface area contributed by atoms with Crippen molar-refractivity contribution in [2.75, 3.05) is 0 Å². The van der Waals surface area contributed by atoms with E-state index in [4.69, 9.17) is 10.7 Å². The van der Waals surface area contributed by atoms with Crippen LogP contribution in [0.3, 0.4) is 0 Å². The van der Waals surface area contributed by atoms with E-state index in [-0.39, 0.29) is 6.04 Å². The van der Waals surface area contributed by atoms with Crippen LogP contribution in [0.5, 0.6) is 0 Å². The van der Waals surface area contributed by atoms with Crippen LogP contribution < -0.4 is 5.73 Å². The molecule has 108 valence electrons. The highest BCUT2D eigenvalue weighted by Gasteiger charge is 2.16. The van der Waals surface area contributed by atoms with Crippen LogP contribution in [0.4, 0.5) is 0 Å². The molecule has 1 aromatic heterocycles. The second-order valence-electron chi connectivity index (χ2n) is 5.41. The van der Waals surface area contributed by atoms with Gasteiger partial charge in [0, 0.05) is 6.54 Å². The summed E-state index contributed by atoms with van der Waals surface area (Å²) in [6, 6.07) is 18.6. The van der Waals surface area contributed by atoms with E-state index < -0.39 is 0 Å². The lowest BCUT2D eigenvalue weighted by atomic mass is 10.1. The van der Waals surface area contributed by atoms with Crippen LogP contribution in [0.2, 0.25) is 0 Å². The maximum absolute atomic E-state index is 6.44. The number of nitrogens with two attached hydrogens (primary N) is 1. The topological polar surface area (TPSA) is 43.8 Å². The molecule has 2 N–H and O–H groups in total. The molecule has 21 heavy (non-hydrogen) atoms. The van der Waals surface area contributed by atoms with Crippen molar-refractivity contribution in [1.29, 1.82) is 0 Å². The SMILES string of the molecule is CCCn1c(C(N)Cc2ccccc2)nc2ccccc21. The van der Waals surface area contributed by atoms with Gasteiger partial charge in [0.2, 0.25) is 0 Å². The molecule has 0 bridgehead atoms. The van der Waals surface area contributed by atoms with E-state index in [1.807, 2.05) is 12.1 Å². The molecule has 3 rings (SSSR count). The molecular weight excluding hydrogens is 258 g/mol. The number of aryl methyl sites for hydroxylation is 1. The van der Waals surface area contributed by atoms with E-state index in [9.17, 15) is 0 Å². The Balaban J connectivity index is 1.96. The molecule has 0 aliphatic heterocycles. The van der Waals surface area contributed by atoms with E-state index in [1.54, 1.807) is 0 Å². The highest BCUT2D eigenvalue weighted by atomic mass is 15.1. The largest absolute Gasteiger partial charge is 0.327 e. The number of fused-ring (bicyclic) bond motifs is 1. The van der Waals surface area contributed by atoms with Crippen molar-refractivity contribution in [1.82, 2.24) is 9.55 Å². The van der Waals surface area contributed by atoms with E-state index in [2.05, 4.69) is 54.0 Å². The normalized spacial score (nSPS) is 12.7. The molecule has 0 saturated heterocycles. The molecule has 3 aromatic rings. The fourth-order valence-corrected chi connectivity index (χ4v) is 2.80. The van der Waals surface area contributed by atoms with Crippen LogP contribution in [0.1, 0.15) is 30.8 Å². The van der Waals surface area contributed by atoms with E-state index >= 15 is 0 Å². The molecule has 3 heteroatoms. The number of nitrogens with zero attached hydrogens (tertiary/aromatic N) is 2. The van der Waals surface area contributed by atoms with Gasteiger partial charge in [0.05, 0.1) is 17.1 Å². The quantitative estimate of drug-likeness (QED) is 0.774. The minimum Gasteiger partial charge on any atom is -0.327 e. The first-order valence-electron chi connectivity index (χ1n) is 7.54. The third-order valence-corrected chi connectivity index (χ3v) is 3.76. The highest BCUT2D eigenvalue weighted by Crippen LogP contribution is 2.22. The monoisotopic (exact) mass is 279 g/mol. The van der Waals surface area contributed by atoms with E-state index in [0.717, 1.165) is 30.7 Å². The van der Waals surface area contributed by atoms with Crippen molar-refractivity contribution >= 4 is 11.0 Å². The van der Waals surface area contributed by atoms with Gasteiger partial charge in [-0.05, 0) is 30.5 Å². The van der Waals surface area contributed by atoms with E-state index in [0.29, 0.717) is 0 Å². The summed E-state index contributed by atoms with van der Waals surface area (Å²) in [6.45, 7) is 3.14.